The minimum absolute atomic E-state index is 0. The first kappa shape index (κ1) is 23.2. The van der Waals surface area contributed by atoms with Crippen molar-refractivity contribution in [2.75, 3.05) is 6.54 Å². The van der Waals surface area contributed by atoms with Crippen molar-refractivity contribution in [2.24, 2.45) is 5.41 Å². The summed E-state index contributed by atoms with van der Waals surface area (Å²) in [5.74, 6) is -1.33. The van der Waals surface area contributed by atoms with Crippen molar-refractivity contribution in [1.82, 2.24) is 9.62 Å². The number of hydrogen-bond donors (Lipinski definition) is 1. The van der Waals surface area contributed by atoms with Crippen LogP contribution in [-0.4, -0.2) is 43.8 Å². The molecule has 1 saturated heterocycles. The van der Waals surface area contributed by atoms with Gasteiger partial charge in [-0.1, -0.05) is 32.0 Å². The molecule has 138 valence electrons. The van der Waals surface area contributed by atoms with Gasteiger partial charge < -0.3 is 15.4 Å². The first-order valence-corrected chi connectivity index (χ1v) is 9.68. The molecule has 0 saturated carbocycles. The standard InChI is InChI=1S/C17H25N3O4S.Y/c1-12(15(18)21)20-11-7-10-17(2,3)14(16(20)22)19-25(23,24)13-8-5-4-6-9-13;/h4-6,8-9,12,14,19H,7,10-11H2,1-3H3,(H2,18,21);/q;+3/p-1. The zero-order chi connectivity index (χ0) is 18.8. The van der Waals surface area contributed by atoms with Crippen LogP contribution in [0, 0.1) is 5.41 Å². The van der Waals surface area contributed by atoms with Crippen LogP contribution in [0.3, 0.4) is 0 Å². The fraction of sp³-hybridized carbons (Fsp3) is 0.529. The Bertz CT molecular complexity index is 753. The van der Waals surface area contributed by atoms with Crippen LogP contribution >= 0.6 is 0 Å². The molecular weight excluding hydrogens is 431 g/mol. The van der Waals surface area contributed by atoms with Gasteiger partial charge in [-0.05, 0) is 37.3 Å². The van der Waals surface area contributed by atoms with Crippen molar-refractivity contribution in [2.45, 2.75) is 50.6 Å². The Morgan fingerprint density at radius 1 is 1.31 bits per heavy atom. The van der Waals surface area contributed by atoms with Gasteiger partial charge in [-0.25, -0.2) is 8.42 Å². The van der Waals surface area contributed by atoms with Gasteiger partial charge in [0.1, 0.15) is 6.04 Å². The Kier molecular flexibility index (Phi) is 7.95. The number of carbonyl (C=O) groups is 2. The molecule has 1 aliphatic heterocycles. The number of amides is 2. The first-order valence-electron chi connectivity index (χ1n) is 8.19. The molecule has 2 N–H and O–H groups in total. The predicted molar refractivity (Wildman–Crippen MR) is 94.1 cm³/mol. The Morgan fingerprint density at radius 2 is 1.88 bits per heavy atom. The SMILES string of the molecule is CC(C([NH-])=O)N1CCCC(C)(C)C(NS(=O)(=O)c2ccccc2)C1=O.[Y+3]. The van der Waals surface area contributed by atoms with Crippen molar-refractivity contribution < 1.29 is 50.7 Å². The predicted octanol–water partition coefficient (Wildman–Crippen LogP) is 1.95. The van der Waals surface area contributed by atoms with E-state index in [1.165, 1.54) is 24.0 Å². The van der Waals surface area contributed by atoms with Crippen LogP contribution in [0.1, 0.15) is 33.6 Å². The third-order valence-electron chi connectivity index (χ3n) is 4.71. The van der Waals surface area contributed by atoms with E-state index < -0.39 is 39.3 Å². The molecule has 1 aliphatic rings. The largest absolute Gasteiger partial charge is 3.00 e. The van der Waals surface area contributed by atoms with E-state index in [0.717, 1.165) is 0 Å². The van der Waals surface area contributed by atoms with Gasteiger partial charge in [0, 0.05) is 6.54 Å². The Balaban J connectivity index is 0.00000338. The maximum absolute atomic E-state index is 13.0. The summed E-state index contributed by atoms with van der Waals surface area (Å²) < 4.78 is 27.9. The summed E-state index contributed by atoms with van der Waals surface area (Å²) >= 11 is 0. The number of benzene rings is 1. The van der Waals surface area contributed by atoms with Gasteiger partial charge in [0.05, 0.1) is 16.8 Å². The van der Waals surface area contributed by atoms with Crippen LogP contribution in [0.4, 0.5) is 0 Å². The molecule has 9 heteroatoms. The molecule has 2 unspecified atom stereocenters. The molecule has 26 heavy (non-hydrogen) atoms. The maximum atomic E-state index is 13.0. The monoisotopic (exact) mass is 455 g/mol. The summed E-state index contributed by atoms with van der Waals surface area (Å²) in [5, 5.41) is 0. The van der Waals surface area contributed by atoms with Crippen molar-refractivity contribution in [1.29, 1.82) is 0 Å². The fourth-order valence-corrected chi connectivity index (χ4v) is 4.40. The molecular formula is C17H24N3O4SY+2. The fourth-order valence-electron chi connectivity index (χ4n) is 3.02. The van der Waals surface area contributed by atoms with E-state index >= 15 is 0 Å². The number of rotatable bonds is 5. The van der Waals surface area contributed by atoms with Crippen LogP contribution in [-0.2, 0) is 52.3 Å². The number of nitrogens with zero attached hydrogens (tertiary/aromatic N) is 1. The molecule has 1 aromatic carbocycles. The van der Waals surface area contributed by atoms with Crippen molar-refractivity contribution in [3.8, 4) is 0 Å². The van der Waals surface area contributed by atoms with E-state index in [1.807, 2.05) is 13.8 Å². The minimum atomic E-state index is -3.88. The van der Waals surface area contributed by atoms with E-state index in [0.29, 0.717) is 19.4 Å². The van der Waals surface area contributed by atoms with Crippen molar-refractivity contribution in [3.05, 3.63) is 36.1 Å². The molecule has 0 radical (unpaired) electrons. The Hall–Kier alpha value is -0.826. The number of hydrogen-bond acceptors (Lipinski definition) is 4. The number of likely N-dealkylation sites (tertiary alicyclic amines) is 1. The first-order chi connectivity index (χ1) is 11.6. The molecule has 0 spiro atoms. The second kappa shape index (κ2) is 8.91. The van der Waals surface area contributed by atoms with Gasteiger partial charge in [0.2, 0.25) is 15.9 Å². The van der Waals surface area contributed by atoms with Gasteiger partial charge in [0.15, 0.2) is 0 Å². The second-order valence-electron chi connectivity index (χ2n) is 7.03. The third kappa shape index (κ3) is 5.12. The third-order valence-corrected chi connectivity index (χ3v) is 6.14. The van der Waals surface area contributed by atoms with Crippen LogP contribution < -0.4 is 4.72 Å². The van der Waals surface area contributed by atoms with Gasteiger partial charge in [-0.15, -0.1) is 0 Å². The molecule has 1 aromatic rings. The van der Waals surface area contributed by atoms with E-state index in [9.17, 15) is 18.0 Å². The van der Waals surface area contributed by atoms with Crippen LogP contribution in [0.15, 0.2) is 35.2 Å². The topological polar surface area (TPSA) is 107 Å². The van der Waals surface area contributed by atoms with Crippen LogP contribution in [0.2, 0.25) is 0 Å². The maximum Gasteiger partial charge on any atom is 3.00 e. The van der Waals surface area contributed by atoms with Gasteiger partial charge in [-0.2, -0.15) is 4.72 Å². The van der Waals surface area contributed by atoms with Crippen LogP contribution in [0.25, 0.3) is 5.73 Å². The average Bonchev–Trinajstić information content (AvgIpc) is 2.65. The zero-order valence-corrected chi connectivity index (χ0v) is 18.9. The molecule has 2 rings (SSSR count). The van der Waals surface area contributed by atoms with Crippen LogP contribution in [0.5, 0.6) is 0 Å². The number of nitrogens with one attached hydrogen (secondary N) is 2. The summed E-state index contributed by atoms with van der Waals surface area (Å²) in [7, 11) is -3.88. The molecule has 2 amide bonds. The average molecular weight is 455 g/mol. The normalized spacial score (nSPS) is 21.4. The van der Waals surface area contributed by atoms with E-state index in [-0.39, 0.29) is 37.6 Å². The van der Waals surface area contributed by atoms with E-state index in [4.69, 9.17) is 5.73 Å². The smallest absolute Gasteiger partial charge is 0.666 e. The summed E-state index contributed by atoms with van der Waals surface area (Å²) in [6, 6.07) is 5.97. The molecule has 0 aliphatic carbocycles. The quantitative estimate of drug-likeness (QED) is 0.732. The molecule has 2 atom stereocenters. The summed E-state index contributed by atoms with van der Waals surface area (Å²) in [6.45, 7) is 5.49. The van der Waals surface area contributed by atoms with Gasteiger partial charge in [-0.3, -0.25) is 4.79 Å². The molecule has 1 heterocycles. The second-order valence-corrected chi connectivity index (χ2v) is 8.75. The summed E-state index contributed by atoms with van der Waals surface area (Å²) in [4.78, 5) is 25.8. The number of carbonyl (C=O) groups excluding carboxylic acids is 2. The zero-order valence-electron chi connectivity index (χ0n) is 15.2. The van der Waals surface area contributed by atoms with E-state index in [1.54, 1.807) is 18.2 Å². The summed E-state index contributed by atoms with van der Waals surface area (Å²) in [5.41, 5.74) is 6.68. The molecule has 1 fully saturated rings. The summed E-state index contributed by atoms with van der Waals surface area (Å²) in [6.07, 6.45) is 1.26. The van der Waals surface area contributed by atoms with Crippen molar-refractivity contribution in [3.63, 3.8) is 0 Å². The Labute approximate surface area is 180 Å². The number of sulfonamides is 1. The molecule has 0 aromatic heterocycles. The Morgan fingerprint density at radius 3 is 2.42 bits per heavy atom. The van der Waals surface area contributed by atoms with E-state index in [2.05, 4.69) is 4.72 Å². The molecule has 0 bridgehead atoms. The van der Waals surface area contributed by atoms with Crippen molar-refractivity contribution >= 4 is 21.8 Å². The minimum Gasteiger partial charge on any atom is -0.666 e. The molecule has 7 nitrogen and oxygen atoms in total. The van der Waals surface area contributed by atoms with Gasteiger partial charge >= 0.3 is 32.7 Å². The van der Waals surface area contributed by atoms with Gasteiger partial charge in [0.25, 0.3) is 0 Å².